The van der Waals surface area contributed by atoms with Crippen LogP contribution in [0.1, 0.15) is 66.1 Å². The van der Waals surface area contributed by atoms with Crippen LogP contribution in [0.3, 0.4) is 0 Å². The fourth-order valence-electron chi connectivity index (χ4n) is 7.12. The molecule has 0 spiro atoms. The van der Waals surface area contributed by atoms with Crippen molar-refractivity contribution in [3.8, 4) is 29.0 Å². The van der Waals surface area contributed by atoms with E-state index in [4.69, 9.17) is 16.6 Å². The Labute approximate surface area is 317 Å². The molecule has 12 nitrogen and oxygen atoms in total. The monoisotopic (exact) mass is 794 g/mol. The minimum Gasteiger partial charge on any atom is -0.378 e. The Hall–Kier alpha value is -5.49. The average molecular weight is 795 g/mol. The van der Waals surface area contributed by atoms with Crippen LogP contribution in [0.5, 0.6) is 0 Å². The van der Waals surface area contributed by atoms with Crippen molar-refractivity contribution < 1.29 is 35.9 Å². The molecule has 7 rings (SSSR count). The molecule has 1 amide bonds. The first-order valence-electron chi connectivity index (χ1n) is 16.8. The van der Waals surface area contributed by atoms with Crippen molar-refractivity contribution in [2.75, 3.05) is 11.0 Å². The molecule has 2 aliphatic carbocycles. The van der Waals surface area contributed by atoms with Crippen LogP contribution in [-0.4, -0.2) is 55.8 Å². The molecule has 0 aliphatic heterocycles. The lowest BCUT2D eigenvalue weighted by molar-refractivity contribution is -0.122. The highest BCUT2D eigenvalue weighted by Crippen LogP contribution is 2.67. The van der Waals surface area contributed by atoms with Gasteiger partial charge in [0.05, 0.1) is 33.9 Å². The smallest absolute Gasteiger partial charge is 0.293 e. The molecule has 55 heavy (non-hydrogen) atoms. The first-order valence-corrected chi connectivity index (χ1v) is 19.0. The summed E-state index contributed by atoms with van der Waals surface area (Å²) in [5, 5.41) is 31.5. The fraction of sp³-hybridized carbons (Fsp3) is 0.324. The Bertz CT molecular complexity index is 2630. The summed E-state index contributed by atoms with van der Waals surface area (Å²) in [7, 11) is -2.25. The van der Waals surface area contributed by atoms with E-state index < -0.39 is 69.2 Å². The highest BCUT2D eigenvalue weighted by molar-refractivity contribution is 7.92. The summed E-state index contributed by atoms with van der Waals surface area (Å²) in [4.78, 5) is 18.7. The van der Waals surface area contributed by atoms with Crippen molar-refractivity contribution in [2.24, 2.45) is 13.0 Å². The number of fused-ring (bicyclic) bond motifs is 4. The molecule has 3 N–H and O–H groups in total. The van der Waals surface area contributed by atoms with Crippen LogP contribution in [0.4, 0.5) is 23.4 Å². The fourth-order valence-corrected chi connectivity index (χ4v) is 7.86. The SMILES string of the molecule is Cn1nc(NS(C)(=O)=O)c2c(Cl)ccc(-c3ccc(C#CC(C)(C)O)nc3[C@H](Cc3cc(F)cc(F)c3)NC(=O)Cn3nc(C#N)c4c3C(F)(F)[C@@H]3C[C@H]43)c21. The van der Waals surface area contributed by atoms with Crippen molar-refractivity contribution in [1.29, 1.82) is 5.26 Å². The second kappa shape index (κ2) is 13.4. The summed E-state index contributed by atoms with van der Waals surface area (Å²) in [5.74, 6) is -2.04. The Morgan fingerprint density at radius 3 is 2.49 bits per heavy atom. The van der Waals surface area contributed by atoms with Gasteiger partial charge in [0.25, 0.3) is 5.92 Å². The molecule has 3 aromatic heterocycles. The Balaban J connectivity index is 1.39. The molecular weight excluding hydrogens is 764 g/mol. The Morgan fingerprint density at radius 2 is 1.84 bits per heavy atom. The van der Waals surface area contributed by atoms with E-state index in [1.54, 1.807) is 19.2 Å². The normalized spacial score (nSPS) is 17.5. The third-order valence-corrected chi connectivity index (χ3v) is 10.2. The van der Waals surface area contributed by atoms with Gasteiger partial charge in [-0.3, -0.25) is 18.9 Å². The number of nitrogens with zero attached hydrogens (tertiary/aromatic N) is 6. The van der Waals surface area contributed by atoms with Gasteiger partial charge in [-0.1, -0.05) is 23.6 Å². The quantitative estimate of drug-likeness (QED) is 0.131. The second-order valence-electron chi connectivity index (χ2n) is 14.2. The molecule has 0 saturated heterocycles. The maximum absolute atomic E-state index is 15.4. The molecule has 18 heteroatoms. The molecule has 0 unspecified atom stereocenters. The van der Waals surface area contributed by atoms with E-state index in [2.05, 4.69) is 32.1 Å². The predicted octanol–water partition coefficient (Wildman–Crippen LogP) is 5.44. The van der Waals surface area contributed by atoms with Crippen molar-refractivity contribution in [3.05, 3.63) is 93.0 Å². The van der Waals surface area contributed by atoms with Gasteiger partial charge in [-0.05, 0) is 74.4 Å². The summed E-state index contributed by atoms with van der Waals surface area (Å²) < 4.78 is 88.8. The van der Waals surface area contributed by atoms with Gasteiger partial charge in [0, 0.05) is 35.7 Å². The van der Waals surface area contributed by atoms with Crippen LogP contribution in [0.25, 0.3) is 22.0 Å². The molecule has 3 heterocycles. The van der Waals surface area contributed by atoms with Crippen molar-refractivity contribution >= 4 is 44.3 Å². The zero-order valence-corrected chi connectivity index (χ0v) is 31.1. The number of sulfonamides is 1. The molecule has 2 aliphatic rings. The number of nitrogens with one attached hydrogen (secondary N) is 2. The van der Waals surface area contributed by atoms with Gasteiger partial charge in [0.15, 0.2) is 11.5 Å². The number of carbonyl (C=O) groups excluding carboxylic acids is 1. The van der Waals surface area contributed by atoms with Crippen LogP contribution in [0.2, 0.25) is 5.02 Å². The number of amides is 1. The average Bonchev–Trinajstić information content (AvgIpc) is 3.62. The Morgan fingerprint density at radius 1 is 1.15 bits per heavy atom. The highest BCUT2D eigenvalue weighted by atomic mass is 35.5. The number of aromatic nitrogens is 5. The lowest BCUT2D eigenvalue weighted by Gasteiger charge is -2.23. The van der Waals surface area contributed by atoms with Crippen LogP contribution in [0, 0.1) is 40.7 Å². The number of alkyl halides is 2. The van der Waals surface area contributed by atoms with E-state index in [1.807, 2.05) is 6.07 Å². The number of rotatable bonds is 9. The van der Waals surface area contributed by atoms with E-state index in [1.165, 1.54) is 30.7 Å². The van der Waals surface area contributed by atoms with Crippen molar-refractivity contribution in [3.63, 3.8) is 0 Å². The van der Waals surface area contributed by atoms with E-state index in [9.17, 15) is 32.4 Å². The van der Waals surface area contributed by atoms with Gasteiger partial charge in [-0.25, -0.2) is 22.2 Å². The van der Waals surface area contributed by atoms with E-state index in [0.29, 0.717) is 22.7 Å². The van der Waals surface area contributed by atoms with Crippen LogP contribution >= 0.6 is 11.6 Å². The lowest BCUT2D eigenvalue weighted by atomic mass is 9.93. The third-order valence-electron chi connectivity index (χ3n) is 9.29. The Kier molecular flexibility index (Phi) is 9.19. The number of nitriles is 1. The van der Waals surface area contributed by atoms with Crippen molar-refractivity contribution in [1.82, 2.24) is 29.9 Å². The molecular formula is C37H31ClF4N8O4S. The van der Waals surface area contributed by atoms with E-state index in [0.717, 1.165) is 23.1 Å². The molecule has 5 aromatic rings. The summed E-state index contributed by atoms with van der Waals surface area (Å²) in [6, 6.07) is 9.70. The number of anilines is 1. The van der Waals surface area contributed by atoms with Crippen LogP contribution < -0.4 is 10.0 Å². The summed E-state index contributed by atoms with van der Waals surface area (Å²) in [5.41, 5.74) is -0.592. The van der Waals surface area contributed by atoms with Gasteiger partial charge in [0.2, 0.25) is 15.9 Å². The molecule has 1 saturated carbocycles. The number of carbonyl (C=O) groups is 1. The van der Waals surface area contributed by atoms with Gasteiger partial charge in [-0.15, -0.1) is 0 Å². The molecule has 1 fully saturated rings. The van der Waals surface area contributed by atoms with Gasteiger partial charge in [0.1, 0.15) is 41.2 Å². The number of pyridine rings is 1. The predicted molar refractivity (Wildman–Crippen MR) is 193 cm³/mol. The van der Waals surface area contributed by atoms with Crippen LogP contribution in [-0.2, 0) is 40.8 Å². The standard InChI is InChI=1S/C37H31ClF4N8O4S/c1-36(2,52)10-9-21-5-6-22(23-7-8-26(38)31-33(23)49(3)47-35(31)48-55(4,53)54)32(44-21)27(13-18-11-19(39)14-20(40)12-18)45-29(51)17-50-34-30(28(16-43)46-50)24-15-25(24)37(34,41)42/h5-8,11-12,14,24-25,27,52H,13,15,17H2,1-4H3,(H,45,51)(H,47,48)/t24-,25+,27-/m0/s1. The topological polar surface area (TPSA) is 168 Å². The second-order valence-corrected chi connectivity index (χ2v) is 16.3. The van der Waals surface area contributed by atoms with Crippen molar-refractivity contribution in [2.45, 2.75) is 56.7 Å². The van der Waals surface area contributed by atoms with E-state index in [-0.39, 0.29) is 57.3 Å². The van der Waals surface area contributed by atoms with E-state index >= 15 is 8.78 Å². The first-order chi connectivity index (χ1) is 25.7. The lowest BCUT2D eigenvalue weighted by Crippen LogP contribution is -2.35. The number of hydrogen-bond acceptors (Lipinski definition) is 8. The summed E-state index contributed by atoms with van der Waals surface area (Å²) >= 11 is 6.59. The molecule has 0 bridgehead atoms. The first kappa shape index (κ1) is 37.8. The molecule has 284 valence electrons. The zero-order chi connectivity index (χ0) is 39.8. The zero-order valence-electron chi connectivity index (χ0n) is 29.5. The maximum Gasteiger partial charge on any atom is 0.293 e. The number of benzene rings is 2. The number of hydrogen-bond donors (Lipinski definition) is 3. The maximum atomic E-state index is 15.4. The molecule has 0 radical (unpaired) electrons. The van der Waals surface area contributed by atoms with Gasteiger partial charge >= 0.3 is 0 Å². The molecule has 2 aromatic carbocycles. The largest absolute Gasteiger partial charge is 0.378 e. The number of halogens is 5. The van der Waals surface area contributed by atoms with Crippen LogP contribution in [0.15, 0.2) is 42.5 Å². The minimum atomic E-state index is -3.80. The minimum absolute atomic E-state index is 0.0629. The van der Waals surface area contributed by atoms with Gasteiger partial charge in [-0.2, -0.15) is 24.2 Å². The number of aryl methyl sites for hydroxylation is 1. The third kappa shape index (κ3) is 7.35. The highest BCUT2D eigenvalue weighted by Gasteiger charge is 2.66. The number of aliphatic hydroxyl groups is 1. The summed E-state index contributed by atoms with van der Waals surface area (Å²) in [6.45, 7) is 2.19. The summed E-state index contributed by atoms with van der Waals surface area (Å²) in [6.07, 6.45) is 0.888. The molecule has 3 atom stereocenters. The van der Waals surface area contributed by atoms with Gasteiger partial charge < -0.3 is 10.4 Å².